The van der Waals surface area contributed by atoms with E-state index in [1.165, 1.54) is 0 Å². The molecule has 3 aromatic carbocycles. The van der Waals surface area contributed by atoms with E-state index in [1.807, 2.05) is 78.9 Å². The molecule has 0 N–H and O–H groups in total. The standard InChI is InChI=1S/C21H13Cl2N3/c22-17-10-6-15(7-11-17)20-24-19(14-4-2-1-3-5-14)25-21(26-20)16-8-12-18(23)13-9-16/h1-13H. The lowest BCUT2D eigenvalue weighted by Gasteiger charge is -2.08. The van der Waals surface area contributed by atoms with E-state index < -0.39 is 0 Å². The molecule has 4 aromatic rings. The Hall–Kier alpha value is -2.75. The van der Waals surface area contributed by atoms with E-state index in [9.17, 15) is 0 Å². The minimum absolute atomic E-state index is 0.598. The summed E-state index contributed by atoms with van der Waals surface area (Å²) in [5, 5.41) is 1.34. The molecule has 0 bridgehead atoms. The average molecular weight is 378 g/mol. The molecule has 0 fully saturated rings. The summed E-state index contributed by atoms with van der Waals surface area (Å²) in [6, 6.07) is 24.7. The largest absolute Gasteiger partial charge is 0.208 e. The Kier molecular flexibility index (Phi) is 4.65. The van der Waals surface area contributed by atoms with Crippen molar-refractivity contribution in [2.75, 3.05) is 0 Å². The minimum atomic E-state index is 0.598. The summed E-state index contributed by atoms with van der Waals surface area (Å²) >= 11 is 12.0. The van der Waals surface area contributed by atoms with Crippen LogP contribution in [0.5, 0.6) is 0 Å². The Morgan fingerprint density at radius 2 is 0.769 bits per heavy atom. The zero-order valence-electron chi connectivity index (χ0n) is 13.6. The van der Waals surface area contributed by atoms with Crippen LogP contribution in [0.25, 0.3) is 34.2 Å². The van der Waals surface area contributed by atoms with Crippen molar-refractivity contribution in [2.45, 2.75) is 0 Å². The Bertz CT molecular complexity index is 967. The van der Waals surface area contributed by atoms with E-state index in [1.54, 1.807) is 0 Å². The quantitative estimate of drug-likeness (QED) is 0.427. The Morgan fingerprint density at radius 1 is 0.423 bits per heavy atom. The second-order valence-electron chi connectivity index (χ2n) is 5.69. The van der Waals surface area contributed by atoms with Crippen molar-refractivity contribution < 1.29 is 0 Å². The molecule has 0 radical (unpaired) electrons. The van der Waals surface area contributed by atoms with E-state index in [-0.39, 0.29) is 0 Å². The number of rotatable bonds is 3. The maximum absolute atomic E-state index is 6.00. The van der Waals surface area contributed by atoms with Crippen molar-refractivity contribution in [3.8, 4) is 34.2 Å². The first-order valence-corrected chi connectivity index (χ1v) is 8.78. The monoisotopic (exact) mass is 377 g/mol. The first kappa shape index (κ1) is 16.7. The highest BCUT2D eigenvalue weighted by Crippen LogP contribution is 2.26. The van der Waals surface area contributed by atoms with Gasteiger partial charge in [0.25, 0.3) is 0 Å². The number of benzene rings is 3. The molecule has 0 atom stereocenters. The maximum atomic E-state index is 6.00. The van der Waals surface area contributed by atoms with Crippen LogP contribution in [-0.4, -0.2) is 15.0 Å². The van der Waals surface area contributed by atoms with Gasteiger partial charge in [-0.1, -0.05) is 53.5 Å². The molecular weight excluding hydrogens is 365 g/mol. The number of hydrogen-bond acceptors (Lipinski definition) is 3. The minimum Gasteiger partial charge on any atom is -0.208 e. The van der Waals surface area contributed by atoms with Gasteiger partial charge in [0.05, 0.1) is 0 Å². The fraction of sp³-hybridized carbons (Fsp3) is 0. The van der Waals surface area contributed by atoms with Gasteiger partial charge in [0.2, 0.25) is 0 Å². The normalized spacial score (nSPS) is 10.7. The van der Waals surface area contributed by atoms with E-state index >= 15 is 0 Å². The molecule has 1 heterocycles. The molecule has 3 nitrogen and oxygen atoms in total. The maximum Gasteiger partial charge on any atom is 0.164 e. The summed E-state index contributed by atoms with van der Waals surface area (Å²) in [6.45, 7) is 0. The molecule has 0 unspecified atom stereocenters. The van der Waals surface area contributed by atoms with E-state index in [0.29, 0.717) is 27.5 Å². The SMILES string of the molecule is Clc1ccc(-c2nc(-c3ccccc3)nc(-c3ccc(Cl)cc3)n2)cc1. The van der Waals surface area contributed by atoms with Crippen LogP contribution >= 0.6 is 23.2 Å². The van der Waals surface area contributed by atoms with Gasteiger partial charge < -0.3 is 0 Å². The summed E-state index contributed by atoms with van der Waals surface area (Å²) in [5.41, 5.74) is 2.69. The molecule has 0 aliphatic heterocycles. The molecule has 0 saturated carbocycles. The molecule has 0 spiro atoms. The van der Waals surface area contributed by atoms with E-state index in [2.05, 4.69) is 15.0 Å². The lowest BCUT2D eigenvalue weighted by molar-refractivity contribution is 1.07. The van der Waals surface area contributed by atoms with Crippen molar-refractivity contribution in [1.29, 1.82) is 0 Å². The van der Waals surface area contributed by atoms with Crippen molar-refractivity contribution in [1.82, 2.24) is 15.0 Å². The van der Waals surface area contributed by atoms with Crippen molar-refractivity contribution in [3.63, 3.8) is 0 Å². The van der Waals surface area contributed by atoms with Crippen LogP contribution in [0, 0.1) is 0 Å². The number of hydrogen-bond donors (Lipinski definition) is 0. The smallest absolute Gasteiger partial charge is 0.164 e. The Morgan fingerprint density at radius 3 is 1.15 bits per heavy atom. The Balaban J connectivity index is 1.89. The summed E-state index contributed by atoms with van der Waals surface area (Å²) in [5.74, 6) is 1.82. The zero-order chi connectivity index (χ0) is 17.9. The molecule has 126 valence electrons. The third-order valence-electron chi connectivity index (χ3n) is 3.87. The van der Waals surface area contributed by atoms with Crippen molar-refractivity contribution in [3.05, 3.63) is 88.9 Å². The summed E-state index contributed by atoms with van der Waals surface area (Å²) in [7, 11) is 0. The highest BCUT2D eigenvalue weighted by molar-refractivity contribution is 6.30. The van der Waals surface area contributed by atoms with Crippen LogP contribution in [0.15, 0.2) is 78.9 Å². The van der Waals surface area contributed by atoms with Gasteiger partial charge >= 0.3 is 0 Å². The predicted octanol–water partition coefficient (Wildman–Crippen LogP) is 6.18. The third kappa shape index (κ3) is 3.59. The lowest BCUT2D eigenvalue weighted by Crippen LogP contribution is -2.00. The van der Waals surface area contributed by atoms with Crippen LogP contribution < -0.4 is 0 Å². The molecule has 4 rings (SSSR count). The van der Waals surface area contributed by atoms with Crippen LogP contribution in [0.4, 0.5) is 0 Å². The fourth-order valence-electron chi connectivity index (χ4n) is 2.55. The topological polar surface area (TPSA) is 38.7 Å². The highest BCUT2D eigenvalue weighted by atomic mass is 35.5. The van der Waals surface area contributed by atoms with Gasteiger partial charge in [0, 0.05) is 26.7 Å². The number of halogens is 2. The second kappa shape index (κ2) is 7.24. The van der Waals surface area contributed by atoms with Crippen molar-refractivity contribution >= 4 is 23.2 Å². The number of aromatic nitrogens is 3. The van der Waals surface area contributed by atoms with Crippen LogP contribution in [0.1, 0.15) is 0 Å². The van der Waals surface area contributed by atoms with Gasteiger partial charge in [-0.05, 0) is 48.5 Å². The predicted molar refractivity (Wildman–Crippen MR) is 106 cm³/mol. The molecule has 0 amide bonds. The second-order valence-corrected chi connectivity index (χ2v) is 6.56. The summed E-state index contributed by atoms with van der Waals surface area (Å²) < 4.78 is 0. The van der Waals surface area contributed by atoms with E-state index in [4.69, 9.17) is 23.2 Å². The van der Waals surface area contributed by atoms with Gasteiger partial charge in [0.15, 0.2) is 17.5 Å². The first-order chi connectivity index (χ1) is 12.7. The molecule has 0 saturated heterocycles. The van der Waals surface area contributed by atoms with Crippen LogP contribution in [0.3, 0.4) is 0 Å². The first-order valence-electron chi connectivity index (χ1n) is 8.02. The molecule has 5 heteroatoms. The molecule has 1 aromatic heterocycles. The van der Waals surface area contributed by atoms with Crippen LogP contribution in [-0.2, 0) is 0 Å². The van der Waals surface area contributed by atoms with Gasteiger partial charge in [-0.25, -0.2) is 15.0 Å². The van der Waals surface area contributed by atoms with E-state index in [0.717, 1.165) is 16.7 Å². The van der Waals surface area contributed by atoms with Crippen LogP contribution in [0.2, 0.25) is 10.0 Å². The van der Waals surface area contributed by atoms with Gasteiger partial charge in [-0.3, -0.25) is 0 Å². The average Bonchev–Trinajstić information content (AvgIpc) is 2.69. The summed E-state index contributed by atoms with van der Waals surface area (Å²) in [6.07, 6.45) is 0. The van der Waals surface area contributed by atoms with Gasteiger partial charge in [-0.2, -0.15) is 0 Å². The molecule has 0 aliphatic rings. The number of nitrogens with zero attached hydrogens (tertiary/aromatic N) is 3. The fourth-order valence-corrected chi connectivity index (χ4v) is 2.80. The zero-order valence-corrected chi connectivity index (χ0v) is 15.1. The van der Waals surface area contributed by atoms with Gasteiger partial charge in [0.1, 0.15) is 0 Å². The lowest BCUT2D eigenvalue weighted by atomic mass is 10.1. The Labute approximate surface area is 161 Å². The highest BCUT2D eigenvalue weighted by Gasteiger charge is 2.12. The molecule has 26 heavy (non-hydrogen) atoms. The summed E-state index contributed by atoms with van der Waals surface area (Å²) in [4.78, 5) is 14.0. The molecular formula is C21H13Cl2N3. The van der Waals surface area contributed by atoms with Gasteiger partial charge in [-0.15, -0.1) is 0 Å². The third-order valence-corrected chi connectivity index (χ3v) is 4.38. The van der Waals surface area contributed by atoms with Crippen molar-refractivity contribution in [2.24, 2.45) is 0 Å². The molecule has 0 aliphatic carbocycles.